The number of nitrogens with two attached hydrogens (primary N) is 1. The number of hydrogen-bond acceptors (Lipinski definition) is 6. The first-order valence-corrected chi connectivity index (χ1v) is 13.9. The average molecular weight is 545 g/mol. The summed E-state index contributed by atoms with van der Waals surface area (Å²) >= 11 is 12.6. The Labute approximate surface area is 228 Å². The Bertz CT molecular complexity index is 1300. The summed E-state index contributed by atoms with van der Waals surface area (Å²) in [5.74, 6) is 1.14. The van der Waals surface area contributed by atoms with E-state index in [0.717, 1.165) is 67.1 Å². The Hall–Kier alpha value is -2.42. The fourth-order valence-corrected chi connectivity index (χ4v) is 6.75. The molecule has 37 heavy (non-hydrogen) atoms. The molecule has 4 atom stereocenters. The Morgan fingerprint density at radius 2 is 2.05 bits per heavy atom. The van der Waals surface area contributed by atoms with Gasteiger partial charge in [0.05, 0.1) is 17.9 Å². The summed E-state index contributed by atoms with van der Waals surface area (Å²) in [6.45, 7) is 9.28. The third-order valence-electron chi connectivity index (χ3n) is 8.09. The molecule has 1 amide bonds. The van der Waals surface area contributed by atoms with Crippen molar-refractivity contribution < 1.29 is 4.79 Å². The van der Waals surface area contributed by atoms with Gasteiger partial charge < -0.3 is 10.6 Å². The third kappa shape index (κ3) is 5.29. The van der Waals surface area contributed by atoms with Crippen molar-refractivity contribution in [1.29, 1.82) is 0 Å². The zero-order valence-electron chi connectivity index (χ0n) is 21.7. The number of fused-ring (bicyclic) bond motifs is 1. The third-order valence-corrected chi connectivity index (χ3v) is 8.66. The highest BCUT2D eigenvalue weighted by molar-refractivity contribution is 6.35. The van der Waals surface area contributed by atoms with E-state index < -0.39 is 0 Å². The quantitative estimate of drug-likeness (QED) is 0.450. The molecule has 2 unspecified atom stereocenters. The Morgan fingerprint density at radius 1 is 1.24 bits per heavy atom. The number of carbonyl (C=O) groups excluding carboxylic acids is 1. The summed E-state index contributed by atoms with van der Waals surface area (Å²) in [6, 6.07) is 6.39. The molecule has 10 heteroatoms. The molecule has 198 valence electrons. The number of carbonyl (C=O) groups is 1. The van der Waals surface area contributed by atoms with Gasteiger partial charge in [0.25, 0.3) is 0 Å². The van der Waals surface area contributed by atoms with Crippen LogP contribution in [0.4, 0.5) is 5.82 Å². The van der Waals surface area contributed by atoms with Crippen LogP contribution in [0.25, 0.3) is 11.2 Å². The van der Waals surface area contributed by atoms with Crippen LogP contribution in [-0.2, 0) is 4.79 Å². The van der Waals surface area contributed by atoms with Crippen molar-refractivity contribution in [2.24, 2.45) is 11.7 Å². The number of likely N-dealkylation sites (tertiary alicyclic amines) is 1. The molecular formula is C27H35Cl2N7O. The Morgan fingerprint density at radius 3 is 2.78 bits per heavy atom. The molecule has 5 rings (SSSR count). The van der Waals surface area contributed by atoms with Crippen LogP contribution >= 0.6 is 23.2 Å². The van der Waals surface area contributed by atoms with Crippen LogP contribution in [-0.4, -0.2) is 62.3 Å². The van der Waals surface area contributed by atoms with Gasteiger partial charge in [-0.15, -0.1) is 0 Å². The van der Waals surface area contributed by atoms with E-state index in [2.05, 4.69) is 23.6 Å². The van der Waals surface area contributed by atoms with Gasteiger partial charge >= 0.3 is 0 Å². The van der Waals surface area contributed by atoms with Crippen molar-refractivity contribution in [3.63, 3.8) is 0 Å². The average Bonchev–Trinajstić information content (AvgIpc) is 3.46. The monoisotopic (exact) mass is 543 g/mol. The summed E-state index contributed by atoms with van der Waals surface area (Å²) in [5.41, 5.74) is 8.77. The molecule has 0 radical (unpaired) electrons. The number of aromatic nitrogens is 4. The van der Waals surface area contributed by atoms with Gasteiger partial charge in [0, 0.05) is 41.6 Å². The molecule has 0 aliphatic carbocycles. The highest BCUT2D eigenvalue weighted by atomic mass is 35.5. The zero-order valence-corrected chi connectivity index (χ0v) is 23.2. The fraction of sp³-hybridized carbons (Fsp3) is 0.556. The van der Waals surface area contributed by atoms with Gasteiger partial charge in [0.1, 0.15) is 11.3 Å². The number of halogens is 2. The molecule has 2 fully saturated rings. The van der Waals surface area contributed by atoms with E-state index in [9.17, 15) is 4.79 Å². The summed E-state index contributed by atoms with van der Waals surface area (Å²) in [6.07, 6.45) is 6.61. The van der Waals surface area contributed by atoms with E-state index in [1.54, 1.807) is 6.07 Å². The van der Waals surface area contributed by atoms with Crippen LogP contribution in [0.15, 0.2) is 24.4 Å². The molecule has 0 saturated carbocycles. The van der Waals surface area contributed by atoms with Crippen molar-refractivity contribution in [2.45, 2.75) is 71.0 Å². The molecule has 1 aromatic carbocycles. The molecule has 2 aliphatic rings. The first-order chi connectivity index (χ1) is 17.7. The maximum absolute atomic E-state index is 11.3. The van der Waals surface area contributed by atoms with Gasteiger partial charge in [-0.25, -0.2) is 14.6 Å². The molecule has 8 nitrogen and oxygen atoms in total. The Kier molecular flexibility index (Phi) is 7.61. The van der Waals surface area contributed by atoms with Gasteiger partial charge in [0.2, 0.25) is 5.91 Å². The molecule has 3 aromatic rings. The molecule has 2 N–H and O–H groups in total. The maximum atomic E-state index is 11.3. The van der Waals surface area contributed by atoms with Crippen LogP contribution in [0, 0.1) is 12.8 Å². The van der Waals surface area contributed by atoms with E-state index >= 15 is 0 Å². The smallest absolute Gasteiger partial charge is 0.217 e. The predicted octanol–water partition coefficient (Wildman–Crippen LogP) is 5.00. The molecule has 4 heterocycles. The molecule has 2 aliphatic heterocycles. The van der Waals surface area contributed by atoms with Crippen molar-refractivity contribution in [3.8, 4) is 0 Å². The van der Waals surface area contributed by atoms with Crippen molar-refractivity contribution >= 4 is 46.1 Å². The molecule has 2 aromatic heterocycles. The lowest BCUT2D eigenvalue weighted by Crippen LogP contribution is -2.52. The minimum Gasteiger partial charge on any atom is -0.370 e. The predicted molar refractivity (Wildman–Crippen MR) is 148 cm³/mol. The lowest BCUT2D eigenvalue weighted by atomic mass is 9.91. The second-order valence-corrected chi connectivity index (χ2v) is 11.4. The van der Waals surface area contributed by atoms with Crippen molar-refractivity contribution in [2.75, 3.05) is 24.5 Å². The minimum atomic E-state index is -0.203. The highest BCUT2D eigenvalue weighted by Gasteiger charge is 2.37. The van der Waals surface area contributed by atoms with Gasteiger partial charge in [-0.1, -0.05) is 36.2 Å². The summed E-state index contributed by atoms with van der Waals surface area (Å²) in [4.78, 5) is 26.1. The number of anilines is 1. The van der Waals surface area contributed by atoms with Crippen LogP contribution in [0.3, 0.4) is 0 Å². The van der Waals surface area contributed by atoms with E-state index in [4.69, 9.17) is 44.0 Å². The first kappa shape index (κ1) is 26.2. The van der Waals surface area contributed by atoms with Crippen LogP contribution in [0.1, 0.15) is 63.3 Å². The normalized spacial score (nSPS) is 23.6. The molecule has 0 spiro atoms. The molecule has 2 saturated heterocycles. The fourth-order valence-electron chi connectivity index (χ4n) is 6.18. The van der Waals surface area contributed by atoms with E-state index in [1.807, 2.05) is 29.9 Å². The lowest BCUT2D eigenvalue weighted by molar-refractivity contribution is -0.118. The second kappa shape index (κ2) is 10.8. The largest absolute Gasteiger partial charge is 0.370 e. The number of piperidine rings is 1. The maximum Gasteiger partial charge on any atom is 0.217 e. The number of amides is 1. The summed E-state index contributed by atoms with van der Waals surface area (Å²) in [5, 5.41) is 5.99. The van der Waals surface area contributed by atoms with Crippen molar-refractivity contribution in [3.05, 3.63) is 45.7 Å². The number of nitrogens with zero attached hydrogens (tertiary/aromatic N) is 6. The molecular weight excluding hydrogens is 509 g/mol. The van der Waals surface area contributed by atoms with Crippen LogP contribution < -0.4 is 10.6 Å². The van der Waals surface area contributed by atoms with Gasteiger partial charge in [0.15, 0.2) is 5.65 Å². The summed E-state index contributed by atoms with van der Waals surface area (Å²) in [7, 11) is 0. The SMILES string of the molecule is Cc1nn(C(C)c2ccc(Cl)cc2Cl)c2nc(N3CC[C@H](N4CCCC4CCC(N)=O)[C@H](C)C3)cnc12. The van der Waals surface area contributed by atoms with Crippen molar-refractivity contribution in [1.82, 2.24) is 24.6 Å². The van der Waals surface area contributed by atoms with Crippen LogP contribution in [0.5, 0.6) is 0 Å². The number of hydrogen-bond donors (Lipinski definition) is 1. The highest BCUT2D eigenvalue weighted by Crippen LogP contribution is 2.34. The molecule has 0 bridgehead atoms. The standard InChI is InChI=1S/C27H35Cl2N7O/c1-16-15-34(12-10-23(16)35-11-4-5-20(35)7-9-24(30)37)25-14-31-26-17(2)33-36(27(26)32-25)18(3)21-8-6-19(28)13-22(21)29/h6,8,13-14,16,18,20,23H,4-5,7,9-12,15H2,1-3H3,(H2,30,37)/t16-,18?,20?,23+/m1/s1. The minimum absolute atomic E-state index is 0.123. The van der Waals surface area contributed by atoms with E-state index in [-0.39, 0.29) is 11.9 Å². The van der Waals surface area contributed by atoms with Crippen LogP contribution in [0.2, 0.25) is 10.0 Å². The van der Waals surface area contributed by atoms with E-state index in [0.29, 0.717) is 34.5 Å². The second-order valence-electron chi connectivity index (χ2n) is 10.6. The lowest BCUT2D eigenvalue weighted by Gasteiger charge is -2.43. The number of aryl methyl sites for hydroxylation is 1. The summed E-state index contributed by atoms with van der Waals surface area (Å²) < 4.78 is 1.92. The first-order valence-electron chi connectivity index (χ1n) is 13.2. The van der Waals surface area contributed by atoms with E-state index in [1.165, 1.54) is 6.42 Å². The Balaban J connectivity index is 1.36. The van der Waals surface area contributed by atoms with Gasteiger partial charge in [-0.2, -0.15) is 5.10 Å². The van der Waals surface area contributed by atoms with Gasteiger partial charge in [-0.05, 0) is 69.7 Å². The number of primary amides is 1. The van der Waals surface area contributed by atoms with Gasteiger partial charge in [-0.3, -0.25) is 9.69 Å². The topological polar surface area (TPSA) is 93.2 Å². The zero-order chi connectivity index (χ0) is 26.3. The number of benzene rings is 1. The number of rotatable bonds is 7.